The molecule has 0 aromatic carbocycles. The maximum Gasteiger partial charge on any atom is 0.475 e. The number of hydrogen-bond donors (Lipinski definition) is 1. The van der Waals surface area contributed by atoms with Crippen molar-refractivity contribution in [2.45, 2.75) is 12.6 Å². The van der Waals surface area contributed by atoms with Crippen LogP contribution in [0.25, 0.3) is 0 Å². The van der Waals surface area contributed by atoms with Crippen LogP contribution < -0.4 is 0 Å². The number of alkyl halides is 4. The molecule has 0 bridgehead atoms. The molecule has 0 spiro atoms. The van der Waals surface area contributed by atoms with Crippen molar-refractivity contribution < 1.29 is 23.1 Å². The average molecular weight is 165 g/mol. The van der Waals surface area contributed by atoms with Gasteiger partial charge in [0.25, 0.3) is 5.97 Å². The Morgan fingerprint density at radius 2 is 1.56 bits per heavy atom. The summed E-state index contributed by atoms with van der Waals surface area (Å²) in [6, 6.07) is 0. The second-order valence-electron chi connectivity index (χ2n) is 0.948. The van der Waals surface area contributed by atoms with Crippen LogP contribution in [0.1, 0.15) is 6.92 Å². The third-order valence-electron chi connectivity index (χ3n) is 0. The van der Waals surface area contributed by atoms with Crippen LogP contribution in [0.15, 0.2) is 0 Å². The van der Waals surface area contributed by atoms with Crippen LogP contribution in [0.3, 0.4) is 0 Å². The summed E-state index contributed by atoms with van der Waals surface area (Å²) in [6.07, 6.45) is 0. The Kier molecular flexibility index (Phi) is 5.59. The van der Waals surface area contributed by atoms with Gasteiger partial charge in [-0.05, 0) is 11.6 Å². The van der Waals surface area contributed by atoms with Crippen molar-refractivity contribution in [2.24, 2.45) is 0 Å². The van der Waals surface area contributed by atoms with Crippen molar-refractivity contribution in [3.05, 3.63) is 0 Å². The summed E-state index contributed by atoms with van der Waals surface area (Å²) >= 11 is 3.53. The van der Waals surface area contributed by atoms with Crippen molar-refractivity contribution in [1.82, 2.24) is 0 Å². The van der Waals surface area contributed by atoms with Gasteiger partial charge in [-0.3, -0.25) is 4.79 Å². The van der Waals surface area contributed by atoms with Crippen LogP contribution in [0.5, 0.6) is 0 Å². The summed E-state index contributed by atoms with van der Waals surface area (Å²) in [6.45, 7) is 1.08. The van der Waals surface area contributed by atoms with Gasteiger partial charge >= 0.3 is 5.64 Å². The molecular weight excluding hydrogens is 160 g/mol. The van der Waals surface area contributed by atoms with E-state index in [1.165, 1.54) is 0 Å². The highest BCUT2D eigenvalue weighted by Crippen LogP contribution is 2.18. The average Bonchev–Trinajstić information content (AvgIpc) is 1.19. The first-order chi connectivity index (χ1) is 3.73. The zero-order valence-corrected chi connectivity index (χ0v) is 5.12. The van der Waals surface area contributed by atoms with E-state index in [1.807, 2.05) is 0 Å². The first kappa shape index (κ1) is 11.4. The number of carboxylic acid groups (broad SMARTS) is 1. The lowest BCUT2D eigenvalue weighted by Crippen LogP contribution is -1.89. The molecule has 0 radical (unpaired) electrons. The maximum absolute atomic E-state index is 10.1. The summed E-state index contributed by atoms with van der Waals surface area (Å²) in [4.78, 5) is 9.00. The molecule has 0 aromatic rings. The van der Waals surface area contributed by atoms with Crippen LogP contribution in [-0.2, 0) is 4.79 Å². The van der Waals surface area contributed by atoms with Gasteiger partial charge in [-0.15, -0.1) is 0 Å². The topological polar surface area (TPSA) is 37.3 Å². The van der Waals surface area contributed by atoms with E-state index in [1.54, 1.807) is 0 Å². The van der Waals surface area contributed by atoms with Gasteiger partial charge in [0.2, 0.25) is 0 Å². The fraction of sp³-hybridized carbons (Fsp3) is 0.667. The molecule has 0 fully saturated rings. The van der Waals surface area contributed by atoms with Crippen LogP contribution in [0.2, 0.25) is 0 Å². The molecule has 0 atom stereocenters. The standard InChI is InChI=1S/C2H4O2.CClF3/c1-2(3)4;2-1(3,4)5/h1H3,(H,3,4);. The second kappa shape index (κ2) is 4.43. The molecule has 0 saturated heterocycles. The zero-order valence-electron chi connectivity index (χ0n) is 4.37. The van der Waals surface area contributed by atoms with Gasteiger partial charge in [0.15, 0.2) is 0 Å². The fourth-order valence-electron chi connectivity index (χ4n) is 0. The van der Waals surface area contributed by atoms with E-state index >= 15 is 0 Å². The molecule has 0 aliphatic heterocycles. The predicted molar refractivity (Wildman–Crippen MR) is 25.2 cm³/mol. The molecule has 0 aromatic heterocycles. The Morgan fingerprint density at radius 3 is 1.56 bits per heavy atom. The zero-order chi connectivity index (χ0) is 8.08. The van der Waals surface area contributed by atoms with Crippen molar-refractivity contribution in [1.29, 1.82) is 0 Å². The van der Waals surface area contributed by atoms with Gasteiger partial charge in [-0.25, -0.2) is 0 Å². The quantitative estimate of drug-likeness (QED) is 0.555. The van der Waals surface area contributed by atoms with E-state index in [4.69, 9.17) is 9.90 Å². The molecule has 0 aliphatic rings. The molecule has 0 rings (SSSR count). The van der Waals surface area contributed by atoms with Crippen molar-refractivity contribution in [2.75, 3.05) is 0 Å². The van der Waals surface area contributed by atoms with Crippen LogP contribution >= 0.6 is 11.6 Å². The van der Waals surface area contributed by atoms with Gasteiger partial charge in [-0.2, -0.15) is 13.2 Å². The Labute approximate surface area is 54.2 Å². The number of hydrogen-bond acceptors (Lipinski definition) is 1. The van der Waals surface area contributed by atoms with Gasteiger partial charge in [0.05, 0.1) is 0 Å². The van der Waals surface area contributed by atoms with E-state index in [0.717, 1.165) is 6.92 Å². The van der Waals surface area contributed by atoms with Crippen LogP contribution in [-0.4, -0.2) is 16.7 Å². The van der Waals surface area contributed by atoms with Gasteiger partial charge in [0.1, 0.15) is 0 Å². The SMILES string of the molecule is CC(=O)O.FC(F)(F)Cl. The maximum atomic E-state index is 10.1. The predicted octanol–water partition coefficient (Wildman–Crippen LogP) is 1.84. The third kappa shape index (κ3) is 1150. The summed E-state index contributed by atoms with van der Waals surface area (Å²) in [7, 11) is 0. The molecule has 6 heteroatoms. The van der Waals surface area contributed by atoms with E-state index in [0.29, 0.717) is 0 Å². The van der Waals surface area contributed by atoms with E-state index in [2.05, 4.69) is 11.6 Å². The number of halogens is 4. The number of aliphatic carboxylic acids is 1. The molecule has 0 amide bonds. The molecular formula is C3H4ClF3O2. The lowest BCUT2D eigenvalue weighted by atomic mass is 10.9. The molecule has 0 aliphatic carbocycles. The van der Waals surface area contributed by atoms with E-state index < -0.39 is 11.6 Å². The summed E-state index contributed by atoms with van der Waals surface area (Å²) in [5.74, 6) is -0.833. The van der Waals surface area contributed by atoms with Gasteiger partial charge < -0.3 is 5.11 Å². The molecule has 0 saturated carbocycles. The number of rotatable bonds is 0. The van der Waals surface area contributed by atoms with Gasteiger partial charge in [0, 0.05) is 6.92 Å². The Morgan fingerprint density at radius 1 is 1.56 bits per heavy atom. The molecule has 9 heavy (non-hydrogen) atoms. The summed E-state index contributed by atoms with van der Waals surface area (Å²) in [5, 5.41) is 7.42. The third-order valence-corrected chi connectivity index (χ3v) is 0. The molecule has 2 nitrogen and oxygen atoms in total. The highest BCUT2D eigenvalue weighted by molar-refractivity contribution is 6.20. The van der Waals surface area contributed by atoms with Crippen LogP contribution in [0, 0.1) is 0 Å². The molecule has 1 N–H and O–H groups in total. The Balaban J connectivity index is 0. The monoisotopic (exact) mass is 164 g/mol. The highest BCUT2D eigenvalue weighted by Gasteiger charge is 2.20. The van der Waals surface area contributed by atoms with Crippen molar-refractivity contribution >= 4 is 17.6 Å². The van der Waals surface area contributed by atoms with Gasteiger partial charge in [-0.1, -0.05) is 0 Å². The second-order valence-corrected chi connectivity index (χ2v) is 1.38. The largest absolute Gasteiger partial charge is 0.481 e. The normalized spacial score (nSPS) is 9.44. The number of carbonyl (C=O) groups is 1. The van der Waals surface area contributed by atoms with E-state index in [-0.39, 0.29) is 0 Å². The summed E-state index contributed by atoms with van der Waals surface area (Å²) < 4.78 is 30.4. The van der Waals surface area contributed by atoms with Crippen LogP contribution in [0.4, 0.5) is 13.2 Å². The first-order valence-electron chi connectivity index (χ1n) is 1.68. The molecule has 0 unspecified atom stereocenters. The lowest BCUT2D eigenvalue weighted by molar-refractivity contribution is -0.134. The molecule has 0 heterocycles. The smallest absolute Gasteiger partial charge is 0.475 e. The Hall–Kier alpha value is -0.450. The minimum Gasteiger partial charge on any atom is -0.481 e. The minimum atomic E-state index is -4.53. The summed E-state index contributed by atoms with van der Waals surface area (Å²) in [5.41, 5.74) is -4.53. The van der Waals surface area contributed by atoms with Crippen molar-refractivity contribution in [3.63, 3.8) is 0 Å². The molecule has 56 valence electrons. The fourth-order valence-corrected chi connectivity index (χ4v) is 0. The van der Waals surface area contributed by atoms with Crippen molar-refractivity contribution in [3.8, 4) is 0 Å². The minimum absolute atomic E-state index is 0.833. The lowest BCUT2D eigenvalue weighted by Gasteiger charge is -1.84. The highest BCUT2D eigenvalue weighted by atomic mass is 35.5. The Bertz CT molecular complexity index is 79.5. The first-order valence-corrected chi connectivity index (χ1v) is 2.06. The number of carboxylic acids is 1. The van der Waals surface area contributed by atoms with E-state index in [9.17, 15) is 13.2 Å².